The van der Waals surface area contributed by atoms with Gasteiger partial charge >= 0.3 is 0 Å². The van der Waals surface area contributed by atoms with Crippen molar-refractivity contribution in [2.24, 2.45) is 10.2 Å². The molecule has 190 valence electrons. The normalized spacial score (nSPS) is 15.0. The van der Waals surface area contributed by atoms with E-state index in [0.717, 1.165) is 37.3 Å². The highest BCUT2D eigenvalue weighted by atomic mass is 35.5. The smallest absolute Gasteiger partial charge is 0.295 e. The molecule has 0 spiro atoms. The van der Waals surface area contributed by atoms with Crippen LogP contribution in [-0.4, -0.2) is 58.6 Å². The quantitative estimate of drug-likeness (QED) is 0.317. The third kappa shape index (κ3) is 5.67. The predicted molar refractivity (Wildman–Crippen MR) is 144 cm³/mol. The summed E-state index contributed by atoms with van der Waals surface area (Å²) < 4.78 is 7.55. The standard InChI is InChI=1S/C28H28ClN5O3/c1-32-14-16-33(17-15-32)19-34-24-9-5-8-23(29)25(24)26(28(34)36)30-31-27(35)21-10-12-22(13-11-21)37-18-20-6-3-2-4-7-20/h2-13,36H,14-19H2,1H3. The highest BCUT2D eigenvalue weighted by Gasteiger charge is 2.22. The zero-order valence-electron chi connectivity index (χ0n) is 20.5. The van der Waals surface area contributed by atoms with Crippen LogP contribution < -0.4 is 4.74 Å². The number of nitrogens with zero attached hydrogens (tertiary/aromatic N) is 5. The Morgan fingerprint density at radius 2 is 1.70 bits per heavy atom. The maximum absolute atomic E-state index is 12.8. The van der Waals surface area contributed by atoms with Gasteiger partial charge in [-0.25, -0.2) is 0 Å². The molecule has 1 N–H and O–H groups in total. The van der Waals surface area contributed by atoms with Crippen LogP contribution in [0.25, 0.3) is 10.9 Å². The van der Waals surface area contributed by atoms with Crippen LogP contribution in [0.1, 0.15) is 15.9 Å². The Bertz CT molecular complexity index is 1410. The second-order valence-corrected chi connectivity index (χ2v) is 9.51. The molecular weight excluding hydrogens is 490 g/mol. The summed E-state index contributed by atoms with van der Waals surface area (Å²) in [5, 5.41) is 20.1. The van der Waals surface area contributed by atoms with Crippen LogP contribution in [0.5, 0.6) is 11.6 Å². The maximum Gasteiger partial charge on any atom is 0.295 e. The zero-order valence-corrected chi connectivity index (χ0v) is 21.3. The van der Waals surface area contributed by atoms with E-state index in [1.54, 1.807) is 34.9 Å². The second kappa shape index (κ2) is 11.1. The van der Waals surface area contributed by atoms with E-state index in [0.29, 0.717) is 35.0 Å². The van der Waals surface area contributed by atoms with Gasteiger partial charge in [-0.1, -0.05) is 48.0 Å². The van der Waals surface area contributed by atoms with E-state index in [9.17, 15) is 9.90 Å². The van der Waals surface area contributed by atoms with Crippen molar-refractivity contribution in [2.75, 3.05) is 33.2 Å². The molecule has 2 heterocycles. The van der Waals surface area contributed by atoms with E-state index in [-0.39, 0.29) is 11.6 Å². The first-order valence-corrected chi connectivity index (χ1v) is 12.5. The van der Waals surface area contributed by atoms with Gasteiger partial charge in [0.05, 0.1) is 22.6 Å². The topological polar surface area (TPSA) is 82.7 Å². The third-order valence-electron chi connectivity index (χ3n) is 6.51. The van der Waals surface area contributed by atoms with Gasteiger partial charge in [-0.15, -0.1) is 10.2 Å². The number of benzene rings is 3. The fraction of sp³-hybridized carbons (Fsp3) is 0.250. The first-order chi connectivity index (χ1) is 18.0. The van der Waals surface area contributed by atoms with Crippen molar-refractivity contribution < 1.29 is 14.6 Å². The number of amides is 1. The summed E-state index contributed by atoms with van der Waals surface area (Å²) in [5.74, 6) is 0.0537. The monoisotopic (exact) mass is 517 g/mol. The molecule has 1 aliphatic heterocycles. The molecule has 1 fully saturated rings. The van der Waals surface area contributed by atoms with Gasteiger partial charge in [0.2, 0.25) is 5.88 Å². The first kappa shape index (κ1) is 25.0. The Kier molecular flexibility index (Phi) is 7.50. The van der Waals surface area contributed by atoms with Crippen LogP contribution in [0.15, 0.2) is 83.0 Å². The van der Waals surface area contributed by atoms with Crippen LogP contribution >= 0.6 is 11.6 Å². The van der Waals surface area contributed by atoms with Gasteiger partial charge in [-0.3, -0.25) is 14.3 Å². The molecule has 1 saturated heterocycles. The molecule has 0 aliphatic carbocycles. The molecule has 37 heavy (non-hydrogen) atoms. The number of likely N-dealkylation sites (N-methyl/N-ethyl adjacent to an activating group) is 1. The molecular formula is C28H28ClN5O3. The van der Waals surface area contributed by atoms with Crippen molar-refractivity contribution in [1.82, 2.24) is 14.4 Å². The zero-order chi connectivity index (χ0) is 25.8. The van der Waals surface area contributed by atoms with E-state index >= 15 is 0 Å². The molecule has 0 radical (unpaired) electrons. The molecule has 9 heteroatoms. The molecule has 5 rings (SSSR count). The van der Waals surface area contributed by atoms with Gasteiger partial charge in [0.1, 0.15) is 12.4 Å². The minimum Gasteiger partial charge on any atom is -0.493 e. The van der Waals surface area contributed by atoms with Gasteiger partial charge in [-0.05, 0) is 49.0 Å². The average molecular weight is 518 g/mol. The lowest BCUT2D eigenvalue weighted by Gasteiger charge is -2.32. The molecule has 4 aromatic rings. The van der Waals surface area contributed by atoms with E-state index in [1.165, 1.54) is 0 Å². The summed E-state index contributed by atoms with van der Waals surface area (Å²) in [7, 11) is 2.10. The number of hydrogen-bond acceptors (Lipinski definition) is 6. The Hall–Kier alpha value is -3.72. The van der Waals surface area contributed by atoms with E-state index in [4.69, 9.17) is 16.3 Å². The van der Waals surface area contributed by atoms with Crippen LogP contribution in [0, 0.1) is 0 Å². The van der Waals surface area contributed by atoms with Gasteiger partial charge in [0, 0.05) is 31.7 Å². The van der Waals surface area contributed by atoms with E-state index in [2.05, 4.69) is 27.1 Å². The highest BCUT2D eigenvalue weighted by Crippen LogP contribution is 2.42. The van der Waals surface area contributed by atoms with Crippen LogP contribution in [0.2, 0.25) is 5.02 Å². The maximum atomic E-state index is 12.8. The molecule has 0 bridgehead atoms. The SMILES string of the molecule is CN1CCN(Cn2c(O)c(N=NC(=O)c3ccc(OCc4ccccc4)cc3)c3c(Cl)cccc32)CC1. The summed E-state index contributed by atoms with van der Waals surface area (Å²) in [6.07, 6.45) is 0. The van der Waals surface area contributed by atoms with E-state index in [1.807, 2.05) is 42.5 Å². The molecule has 8 nitrogen and oxygen atoms in total. The number of rotatable bonds is 7. The lowest BCUT2D eigenvalue weighted by Crippen LogP contribution is -2.44. The van der Waals surface area contributed by atoms with Crippen LogP contribution in [0.4, 0.5) is 5.69 Å². The molecule has 1 aromatic heterocycles. The van der Waals surface area contributed by atoms with Crippen LogP contribution in [0.3, 0.4) is 0 Å². The number of ether oxygens (including phenoxy) is 1. The molecule has 1 amide bonds. The molecule has 0 atom stereocenters. The fourth-order valence-electron chi connectivity index (χ4n) is 4.34. The van der Waals surface area contributed by atoms with Gasteiger partial charge < -0.3 is 14.7 Å². The molecule has 3 aromatic carbocycles. The Morgan fingerprint density at radius 3 is 2.43 bits per heavy atom. The number of hydrogen-bond donors (Lipinski definition) is 1. The lowest BCUT2D eigenvalue weighted by atomic mass is 10.2. The summed E-state index contributed by atoms with van der Waals surface area (Å²) in [6, 6.07) is 22.0. The van der Waals surface area contributed by atoms with Crippen molar-refractivity contribution in [3.05, 3.63) is 88.9 Å². The number of aromatic hydroxyl groups is 1. The largest absolute Gasteiger partial charge is 0.493 e. The van der Waals surface area contributed by atoms with Crippen molar-refractivity contribution in [3.8, 4) is 11.6 Å². The Morgan fingerprint density at radius 1 is 0.973 bits per heavy atom. The second-order valence-electron chi connectivity index (χ2n) is 9.10. The lowest BCUT2D eigenvalue weighted by molar-refractivity contribution is 0.0995. The predicted octanol–water partition coefficient (Wildman–Crippen LogP) is 5.71. The number of carbonyl (C=O) groups excluding carboxylic acids is 1. The number of azo groups is 1. The summed E-state index contributed by atoms with van der Waals surface area (Å²) in [6.45, 7) is 4.61. The Labute approximate surface area is 220 Å². The van der Waals surface area contributed by atoms with Gasteiger partial charge in [0.15, 0.2) is 5.69 Å². The highest BCUT2D eigenvalue weighted by molar-refractivity contribution is 6.36. The minimum absolute atomic E-state index is 0.0664. The molecule has 0 unspecified atom stereocenters. The van der Waals surface area contributed by atoms with Crippen molar-refractivity contribution in [2.45, 2.75) is 13.3 Å². The van der Waals surface area contributed by atoms with E-state index < -0.39 is 5.91 Å². The summed E-state index contributed by atoms with van der Waals surface area (Å²) in [4.78, 5) is 17.3. The number of halogens is 1. The summed E-state index contributed by atoms with van der Waals surface area (Å²) >= 11 is 6.49. The van der Waals surface area contributed by atoms with Gasteiger partial charge in [0.25, 0.3) is 5.91 Å². The average Bonchev–Trinajstić information content (AvgIpc) is 3.19. The van der Waals surface area contributed by atoms with Gasteiger partial charge in [-0.2, -0.15) is 0 Å². The number of fused-ring (bicyclic) bond motifs is 1. The first-order valence-electron chi connectivity index (χ1n) is 12.1. The third-order valence-corrected chi connectivity index (χ3v) is 6.83. The molecule has 1 aliphatic rings. The van der Waals surface area contributed by atoms with Crippen molar-refractivity contribution in [1.29, 1.82) is 0 Å². The number of piperazine rings is 1. The number of carbonyl (C=O) groups is 1. The van der Waals surface area contributed by atoms with Crippen molar-refractivity contribution >= 4 is 34.1 Å². The fourth-order valence-corrected chi connectivity index (χ4v) is 4.60. The molecule has 0 saturated carbocycles. The Balaban J connectivity index is 1.33. The minimum atomic E-state index is -0.527. The van der Waals surface area contributed by atoms with Crippen LogP contribution in [-0.2, 0) is 13.3 Å². The summed E-state index contributed by atoms with van der Waals surface area (Å²) in [5.41, 5.74) is 2.35. The van der Waals surface area contributed by atoms with Crippen molar-refractivity contribution in [3.63, 3.8) is 0 Å². The number of aromatic nitrogens is 1.